The lowest BCUT2D eigenvalue weighted by Crippen LogP contribution is -2.41. The molecule has 1 amide bonds. The minimum Gasteiger partial charge on any atom is -0.508 e. The molecule has 1 rings (SSSR count). The molecule has 100 valence electrons. The summed E-state index contributed by atoms with van der Waals surface area (Å²) in [6, 6.07) is 6.44. The molecule has 1 atom stereocenters. The summed E-state index contributed by atoms with van der Waals surface area (Å²) in [6.45, 7) is 1.09. The maximum Gasteiger partial charge on any atom is 0.236 e. The van der Waals surface area contributed by atoms with Gasteiger partial charge in [0, 0.05) is 6.54 Å². The molecular weight excluding hydrogens is 230 g/mol. The Hall–Kier alpha value is -1.59. The average molecular weight is 251 g/mol. The van der Waals surface area contributed by atoms with Crippen LogP contribution in [-0.4, -0.2) is 30.1 Å². The number of benzene rings is 1. The summed E-state index contributed by atoms with van der Waals surface area (Å²) in [4.78, 5) is 11.6. The van der Waals surface area contributed by atoms with Gasteiger partial charge in [0.15, 0.2) is 0 Å². The van der Waals surface area contributed by atoms with Crippen molar-refractivity contribution in [2.24, 2.45) is 11.5 Å². The van der Waals surface area contributed by atoms with Crippen molar-refractivity contribution in [3.8, 4) is 5.75 Å². The first kappa shape index (κ1) is 14.5. The van der Waals surface area contributed by atoms with Crippen molar-refractivity contribution in [1.82, 2.24) is 5.32 Å². The van der Waals surface area contributed by atoms with Gasteiger partial charge in [0.2, 0.25) is 5.91 Å². The van der Waals surface area contributed by atoms with Crippen LogP contribution in [0.3, 0.4) is 0 Å². The molecule has 5 nitrogen and oxygen atoms in total. The Morgan fingerprint density at radius 1 is 1.33 bits per heavy atom. The van der Waals surface area contributed by atoms with Crippen LogP contribution >= 0.6 is 0 Å². The van der Waals surface area contributed by atoms with Crippen LogP contribution < -0.4 is 16.8 Å². The van der Waals surface area contributed by atoms with Gasteiger partial charge in [-0.2, -0.15) is 0 Å². The van der Waals surface area contributed by atoms with E-state index in [1.807, 2.05) is 12.1 Å². The minimum atomic E-state index is -0.478. The van der Waals surface area contributed by atoms with Gasteiger partial charge in [0.05, 0.1) is 6.04 Å². The first-order valence-electron chi connectivity index (χ1n) is 6.14. The molecule has 0 aromatic heterocycles. The fourth-order valence-corrected chi connectivity index (χ4v) is 1.59. The molecule has 1 unspecified atom stereocenters. The molecular formula is C13H21N3O2. The van der Waals surface area contributed by atoms with E-state index >= 15 is 0 Å². The topological polar surface area (TPSA) is 101 Å². The third kappa shape index (κ3) is 5.16. The lowest BCUT2D eigenvalue weighted by molar-refractivity contribution is -0.122. The van der Waals surface area contributed by atoms with Crippen LogP contribution in [0, 0.1) is 0 Å². The number of nitrogens with two attached hydrogens (primary N) is 2. The van der Waals surface area contributed by atoms with E-state index < -0.39 is 6.04 Å². The molecule has 0 aliphatic carbocycles. The van der Waals surface area contributed by atoms with Gasteiger partial charge in [-0.15, -0.1) is 0 Å². The first-order valence-corrected chi connectivity index (χ1v) is 6.14. The SMILES string of the molecule is NCCCC(N)C(=O)NCCc1ccc(O)cc1. The number of carbonyl (C=O) groups is 1. The van der Waals surface area contributed by atoms with E-state index in [0.717, 1.165) is 18.4 Å². The van der Waals surface area contributed by atoms with E-state index in [9.17, 15) is 4.79 Å². The second-order valence-electron chi connectivity index (χ2n) is 4.24. The van der Waals surface area contributed by atoms with Crippen molar-refractivity contribution in [3.63, 3.8) is 0 Å². The Morgan fingerprint density at radius 3 is 2.61 bits per heavy atom. The molecule has 0 aliphatic rings. The maximum atomic E-state index is 11.6. The van der Waals surface area contributed by atoms with Crippen molar-refractivity contribution >= 4 is 5.91 Å². The lowest BCUT2D eigenvalue weighted by atomic mass is 10.1. The van der Waals surface area contributed by atoms with Crippen LogP contribution in [-0.2, 0) is 11.2 Å². The number of phenolic OH excluding ortho intramolecular Hbond substituents is 1. The number of amides is 1. The van der Waals surface area contributed by atoms with Crippen molar-refractivity contribution in [2.75, 3.05) is 13.1 Å². The summed E-state index contributed by atoms with van der Waals surface area (Å²) in [5.41, 5.74) is 12.1. The van der Waals surface area contributed by atoms with Crippen molar-refractivity contribution in [3.05, 3.63) is 29.8 Å². The summed E-state index contributed by atoms with van der Waals surface area (Å²) in [5, 5.41) is 11.9. The largest absolute Gasteiger partial charge is 0.508 e. The molecule has 0 spiro atoms. The van der Waals surface area contributed by atoms with E-state index in [4.69, 9.17) is 16.6 Å². The summed E-state index contributed by atoms with van der Waals surface area (Å²) in [6.07, 6.45) is 2.09. The fraction of sp³-hybridized carbons (Fsp3) is 0.462. The van der Waals surface area contributed by atoms with E-state index in [0.29, 0.717) is 19.5 Å². The van der Waals surface area contributed by atoms with E-state index in [1.165, 1.54) is 0 Å². The van der Waals surface area contributed by atoms with Gasteiger partial charge in [0.25, 0.3) is 0 Å². The van der Waals surface area contributed by atoms with Crippen molar-refractivity contribution in [2.45, 2.75) is 25.3 Å². The zero-order chi connectivity index (χ0) is 13.4. The normalized spacial score (nSPS) is 12.1. The summed E-state index contributed by atoms with van der Waals surface area (Å²) < 4.78 is 0. The monoisotopic (exact) mass is 251 g/mol. The summed E-state index contributed by atoms with van der Waals surface area (Å²) in [7, 11) is 0. The molecule has 1 aromatic rings. The number of rotatable bonds is 7. The molecule has 0 heterocycles. The van der Waals surface area contributed by atoms with Gasteiger partial charge in [-0.25, -0.2) is 0 Å². The van der Waals surface area contributed by atoms with Crippen molar-refractivity contribution in [1.29, 1.82) is 0 Å². The van der Waals surface area contributed by atoms with Crippen LogP contribution in [0.25, 0.3) is 0 Å². The fourth-order valence-electron chi connectivity index (χ4n) is 1.59. The van der Waals surface area contributed by atoms with Crippen LogP contribution in [0.2, 0.25) is 0 Å². The standard InChI is InChI=1S/C13H21N3O2/c14-8-1-2-12(15)13(18)16-9-7-10-3-5-11(17)6-4-10/h3-6,12,17H,1-2,7-9,14-15H2,(H,16,18). The molecule has 6 N–H and O–H groups in total. The van der Waals surface area contributed by atoms with Crippen LogP contribution in [0.5, 0.6) is 5.75 Å². The third-order valence-electron chi connectivity index (χ3n) is 2.71. The molecule has 0 radical (unpaired) electrons. The van der Waals surface area contributed by atoms with Crippen LogP contribution in [0.15, 0.2) is 24.3 Å². The van der Waals surface area contributed by atoms with E-state index in [2.05, 4.69) is 5.32 Å². The first-order chi connectivity index (χ1) is 8.63. The molecule has 0 saturated carbocycles. The highest BCUT2D eigenvalue weighted by atomic mass is 16.3. The molecule has 0 saturated heterocycles. The Kier molecular flexibility index (Phi) is 6.18. The number of hydrogen-bond donors (Lipinski definition) is 4. The molecule has 18 heavy (non-hydrogen) atoms. The second kappa shape index (κ2) is 7.68. The van der Waals surface area contributed by atoms with Gasteiger partial charge in [-0.1, -0.05) is 12.1 Å². The Labute approximate surface area is 107 Å². The van der Waals surface area contributed by atoms with Crippen LogP contribution in [0.4, 0.5) is 0 Å². The molecule has 0 bridgehead atoms. The number of phenols is 1. The highest BCUT2D eigenvalue weighted by Crippen LogP contribution is 2.09. The average Bonchev–Trinajstić information content (AvgIpc) is 2.38. The molecule has 0 aliphatic heterocycles. The number of hydrogen-bond acceptors (Lipinski definition) is 4. The summed E-state index contributed by atoms with van der Waals surface area (Å²) >= 11 is 0. The lowest BCUT2D eigenvalue weighted by Gasteiger charge is -2.11. The zero-order valence-electron chi connectivity index (χ0n) is 10.4. The van der Waals surface area contributed by atoms with Gasteiger partial charge < -0.3 is 21.9 Å². The van der Waals surface area contributed by atoms with Crippen molar-refractivity contribution < 1.29 is 9.90 Å². The Morgan fingerprint density at radius 2 is 2.00 bits per heavy atom. The minimum absolute atomic E-state index is 0.137. The highest BCUT2D eigenvalue weighted by molar-refractivity contribution is 5.81. The smallest absolute Gasteiger partial charge is 0.236 e. The second-order valence-corrected chi connectivity index (χ2v) is 4.24. The highest BCUT2D eigenvalue weighted by Gasteiger charge is 2.11. The predicted octanol–water partition coefficient (Wildman–Crippen LogP) is 0.117. The quantitative estimate of drug-likeness (QED) is 0.552. The maximum absolute atomic E-state index is 11.6. The van der Waals surface area contributed by atoms with Gasteiger partial charge in [0.1, 0.15) is 5.75 Å². The van der Waals surface area contributed by atoms with E-state index in [1.54, 1.807) is 12.1 Å². The molecule has 1 aromatic carbocycles. The van der Waals surface area contributed by atoms with Crippen LogP contribution in [0.1, 0.15) is 18.4 Å². The third-order valence-corrected chi connectivity index (χ3v) is 2.71. The molecule has 5 heteroatoms. The predicted molar refractivity (Wildman–Crippen MR) is 71.1 cm³/mol. The number of aromatic hydroxyl groups is 1. The number of carbonyl (C=O) groups excluding carboxylic acids is 1. The van der Waals surface area contributed by atoms with Gasteiger partial charge in [-0.3, -0.25) is 4.79 Å². The van der Waals surface area contributed by atoms with Gasteiger partial charge in [-0.05, 0) is 43.5 Å². The van der Waals surface area contributed by atoms with E-state index in [-0.39, 0.29) is 11.7 Å². The number of nitrogens with one attached hydrogen (secondary N) is 1. The Bertz CT molecular complexity index is 365. The van der Waals surface area contributed by atoms with Gasteiger partial charge >= 0.3 is 0 Å². The summed E-state index contributed by atoms with van der Waals surface area (Å²) in [5.74, 6) is 0.105. The Balaban J connectivity index is 2.24. The zero-order valence-corrected chi connectivity index (χ0v) is 10.4. The molecule has 0 fully saturated rings.